The standard InChI is InChI=1S/C13H21N3O2/c1-8(2)9(3)13(18)16-6-4-5-10-11(7-17)14-15-12(10)16/h8-9,17H,4-7H2,1-3H3,(H,14,15). The van der Waals surface area contributed by atoms with Crippen LogP contribution in [0.15, 0.2) is 0 Å². The molecule has 0 aromatic carbocycles. The predicted octanol–water partition coefficient (Wildman–Crippen LogP) is 1.47. The second kappa shape index (κ2) is 5.10. The van der Waals surface area contributed by atoms with Crippen molar-refractivity contribution in [1.29, 1.82) is 0 Å². The maximum atomic E-state index is 12.4. The number of anilines is 1. The lowest BCUT2D eigenvalue weighted by molar-refractivity contribution is -0.123. The summed E-state index contributed by atoms with van der Waals surface area (Å²) in [5.74, 6) is 1.15. The summed E-state index contributed by atoms with van der Waals surface area (Å²) in [6.45, 7) is 6.73. The number of amides is 1. The smallest absolute Gasteiger partial charge is 0.231 e. The van der Waals surface area contributed by atoms with E-state index in [2.05, 4.69) is 24.0 Å². The van der Waals surface area contributed by atoms with Crippen molar-refractivity contribution in [2.24, 2.45) is 11.8 Å². The third-order valence-corrected chi connectivity index (χ3v) is 3.81. The first-order chi connectivity index (χ1) is 8.56. The van der Waals surface area contributed by atoms with Gasteiger partial charge in [-0.15, -0.1) is 0 Å². The van der Waals surface area contributed by atoms with Gasteiger partial charge in [-0.2, -0.15) is 5.10 Å². The number of hydrogen-bond donors (Lipinski definition) is 2. The van der Waals surface area contributed by atoms with E-state index in [4.69, 9.17) is 0 Å². The molecule has 1 aromatic heterocycles. The maximum Gasteiger partial charge on any atom is 0.231 e. The van der Waals surface area contributed by atoms with Crippen LogP contribution in [0.3, 0.4) is 0 Å². The number of nitrogens with one attached hydrogen (secondary N) is 1. The molecule has 100 valence electrons. The zero-order valence-corrected chi connectivity index (χ0v) is 11.2. The van der Waals surface area contributed by atoms with Crippen LogP contribution in [0.25, 0.3) is 0 Å². The summed E-state index contributed by atoms with van der Waals surface area (Å²) >= 11 is 0. The number of aromatic nitrogens is 2. The molecule has 0 saturated carbocycles. The van der Waals surface area contributed by atoms with Gasteiger partial charge in [0.05, 0.1) is 12.3 Å². The average molecular weight is 251 g/mol. The molecule has 0 fully saturated rings. The summed E-state index contributed by atoms with van der Waals surface area (Å²) in [5, 5.41) is 16.2. The summed E-state index contributed by atoms with van der Waals surface area (Å²) < 4.78 is 0. The molecule has 0 radical (unpaired) electrons. The monoisotopic (exact) mass is 251 g/mol. The highest BCUT2D eigenvalue weighted by Crippen LogP contribution is 2.29. The lowest BCUT2D eigenvalue weighted by atomic mass is 9.95. The van der Waals surface area contributed by atoms with E-state index < -0.39 is 0 Å². The molecule has 0 bridgehead atoms. The molecule has 1 amide bonds. The Balaban J connectivity index is 2.28. The van der Waals surface area contributed by atoms with Gasteiger partial charge in [-0.3, -0.25) is 14.8 Å². The van der Waals surface area contributed by atoms with Gasteiger partial charge in [-0.1, -0.05) is 20.8 Å². The fraction of sp³-hybridized carbons (Fsp3) is 0.692. The minimum atomic E-state index is -0.0515. The van der Waals surface area contributed by atoms with Gasteiger partial charge < -0.3 is 5.11 Å². The molecule has 5 nitrogen and oxygen atoms in total. The lowest BCUT2D eigenvalue weighted by Gasteiger charge is -2.29. The van der Waals surface area contributed by atoms with Crippen LogP contribution in [0.4, 0.5) is 5.82 Å². The molecular formula is C13H21N3O2. The summed E-state index contributed by atoms with van der Waals surface area (Å²) in [6, 6.07) is 0. The Morgan fingerprint density at radius 1 is 1.50 bits per heavy atom. The number of carbonyl (C=O) groups is 1. The quantitative estimate of drug-likeness (QED) is 0.854. The van der Waals surface area contributed by atoms with E-state index in [1.165, 1.54) is 0 Å². The molecule has 0 spiro atoms. The number of hydrogen-bond acceptors (Lipinski definition) is 3. The van der Waals surface area contributed by atoms with Crippen LogP contribution >= 0.6 is 0 Å². The van der Waals surface area contributed by atoms with Gasteiger partial charge in [0.2, 0.25) is 5.91 Å². The zero-order chi connectivity index (χ0) is 13.3. The second-order valence-electron chi connectivity index (χ2n) is 5.29. The Morgan fingerprint density at radius 3 is 2.83 bits per heavy atom. The summed E-state index contributed by atoms with van der Waals surface area (Å²) in [6.07, 6.45) is 1.80. The molecule has 0 aliphatic carbocycles. The number of H-pyrrole nitrogens is 1. The van der Waals surface area contributed by atoms with Crippen molar-refractivity contribution in [3.63, 3.8) is 0 Å². The molecule has 2 N–H and O–H groups in total. The van der Waals surface area contributed by atoms with Crippen LogP contribution in [0, 0.1) is 11.8 Å². The van der Waals surface area contributed by atoms with Crippen LogP contribution in [0.1, 0.15) is 38.4 Å². The molecule has 1 atom stereocenters. The number of aliphatic hydroxyl groups excluding tert-OH is 1. The van der Waals surface area contributed by atoms with E-state index in [-0.39, 0.29) is 18.4 Å². The largest absolute Gasteiger partial charge is 0.390 e. The summed E-state index contributed by atoms with van der Waals surface area (Å²) in [4.78, 5) is 14.2. The van der Waals surface area contributed by atoms with Crippen LogP contribution in [-0.2, 0) is 17.8 Å². The van der Waals surface area contributed by atoms with Crippen LogP contribution in [-0.4, -0.2) is 27.8 Å². The fourth-order valence-corrected chi connectivity index (χ4v) is 2.27. The van der Waals surface area contributed by atoms with E-state index >= 15 is 0 Å². The number of aliphatic hydroxyl groups is 1. The Kier molecular flexibility index (Phi) is 3.71. The SMILES string of the molecule is CC(C)C(C)C(=O)N1CCCc2c1n[nH]c2CO. The molecule has 18 heavy (non-hydrogen) atoms. The Bertz CT molecular complexity index is 439. The van der Waals surface area contributed by atoms with Crippen molar-refractivity contribution in [3.8, 4) is 0 Å². The van der Waals surface area contributed by atoms with E-state index in [0.29, 0.717) is 11.7 Å². The lowest BCUT2D eigenvalue weighted by Crippen LogP contribution is -2.40. The Hall–Kier alpha value is -1.36. The highest BCUT2D eigenvalue weighted by atomic mass is 16.3. The number of nitrogens with zero attached hydrogens (tertiary/aromatic N) is 2. The first kappa shape index (κ1) is 13.1. The number of rotatable bonds is 3. The molecule has 1 aliphatic heterocycles. The van der Waals surface area contributed by atoms with Gasteiger partial charge in [-0.25, -0.2) is 0 Å². The predicted molar refractivity (Wildman–Crippen MR) is 69.2 cm³/mol. The van der Waals surface area contributed by atoms with Gasteiger partial charge in [0.1, 0.15) is 0 Å². The molecular weight excluding hydrogens is 230 g/mol. The van der Waals surface area contributed by atoms with Crippen molar-refractivity contribution in [1.82, 2.24) is 10.2 Å². The van der Waals surface area contributed by atoms with Crippen molar-refractivity contribution in [2.75, 3.05) is 11.4 Å². The average Bonchev–Trinajstić information content (AvgIpc) is 2.79. The van der Waals surface area contributed by atoms with Crippen LogP contribution in [0.2, 0.25) is 0 Å². The Morgan fingerprint density at radius 2 is 2.22 bits per heavy atom. The van der Waals surface area contributed by atoms with Crippen molar-refractivity contribution in [3.05, 3.63) is 11.3 Å². The van der Waals surface area contributed by atoms with E-state index in [0.717, 1.165) is 30.6 Å². The van der Waals surface area contributed by atoms with E-state index in [1.807, 2.05) is 6.92 Å². The topological polar surface area (TPSA) is 69.2 Å². The van der Waals surface area contributed by atoms with Crippen molar-refractivity contribution in [2.45, 2.75) is 40.2 Å². The molecule has 1 aliphatic rings. The van der Waals surface area contributed by atoms with Gasteiger partial charge in [0.25, 0.3) is 0 Å². The van der Waals surface area contributed by atoms with Crippen molar-refractivity contribution >= 4 is 11.7 Å². The fourth-order valence-electron chi connectivity index (χ4n) is 2.27. The summed E-state index contributed by atoms with van der Waals surface area (Å²) in [7, 11) is 0. The minimum Gasteiger partial charge on any atom is -0.390 e. The highest BCUT2D eigenvalue weighted by Gasteiger charge is 2.30. The maximum absolute atomic E-state index is 12.4. The zero-order valence-electron chi connectivity index (χ0n) is 11.2. The van der Waals surface area contributed by atoms with Gasteiger partial charge in [0.15, 0.2) is 5.82 Å². The number of aromatic amines is 1. The first-order valence-electron chi connectivity index (χ1n) is 6.54. The van der Waals surface area contributed by atoms with Gasteiger partial charge in [0, 0.05) is 18.0 Å². The van der Waals surface area contributed by atoms with Crippen LogP contribution in [0.5, 0.6) is 0 Å². The van der Waals surface area contributed by atoms with Crippen molar-refractivity contribution < 1.29 is 9.90 Å². The Labute approximate surface area is 107 Å². The molecule has 5 heteroatoms. The molecule has 1 unspecified atom stereocenters. The number of carbonyl (C=O) groups excluding carboxylic acids is 1. The normalized spacial score (nSPS) is 16.8. The highest BCUT2D eigenvalue weighted by molar-refractivity contribution is 5.95. The molecule has 1 aromatic rings. The van der Waals surface area contributed by atoms with Crippen LogP contribution < -0.4 is 4.90 Å². The molecule has 2 rings (SSSR count). The minimum absolute atomic E-state index is 0.00905. The van der Waals surface area contributed by atoms with Gasteiger partial charge in [-0.05, 0) is 18.8 Å². The van der Waals surface area contributed by atoms with E-state index in [1.54, 1.807) is 4.90 Å². The molecule has 0 saturated heterocycles. The third-order valence-electron chi connectivity index (χ3n) is 3.81. The third kappa shape index (κ3) is 2.14. The molecule has 2 heterocycles. The summed E-state index contributed by atoms with van der Waals surface area (Å²) in [5.41, 5.74) is 1.73. The first-order valence-corrected chi connectivity index (χ1v) is 6.54. The van der Waals surface area contributed by atoms with E-state index in [9.17, 15) is 9.90 Å². The number of fused-ring (bicyclic) bond motifs is 1. The second-order valence-corrected chi connectivity index (χ2v) is 5.29. The van der Waals surface area contributed by atoms with Gasteiger partial charge >= 0.3 is 0 Å².